The first kappa shape index (κ1) is 64.8. The Morgan fingerprint density at radius 1 is 0.426 bits per heavy atom. The van der Waals surface area contributed by atoms with Crippen LogP contribution in [0.15, 0.2) is 20.5 Å². The summed E-state index contributed by atoms with van der Waals surface area (Å²) < 4.78 is 146. The molecule has 7 rings (SSSR count). The number of nitrogens with zero attached hydrogens (tertiary/aromatic N) is 4. The van der Waals surface area contributed by atoms with Crippen LogP contribution in [0.3, 0.4) is 0 Å². The van der Waals surface area contributed by atoms with Gasteiger partial charge in [-0.1, -0.05) is 12.8 Å². The number of azo groups is 2. The van der Waals surface area contributed by atoms with Crippen molar-refractivity contribution in [1.29, 1.82) is 0 Å². The van der Waals surface area contributed by atoms with Crippen LogP contribution in [0, 0.1) is 23.7 Å². The van der Waals surface area contributed by atoms with Crippen LogP contribution in [-0.4, -0.2) is 146 Å². The Hall–Kier alpha value is 2.56. The van der Waals surface area contributed by atoms with Crippen LogP contribution in [0.25, 0.3) is 0 Å². The Morgan fingerprint density at radius 2 is 0.765 bits per heavy atom. The molecule has 0 aromatic rings. The van der Waals surface area contributed by atoms with E-state index in [0.717, 1.165) is 25.7 Å². The number of rotatable bonds is 15. The fourth-order valence-electron chi connectivity index (χ4n) is 12.1. The summed E-state index contributed by atoms with van der Waals surface area (Å²) in [4.78, 5) is 0. The summed E-state index contributed by atoms with van der Waals surface area (Å²) in [7, 11) is -18.9. The van der Waals surface area contributed by atoms with Crippen LogP contribution in [0.4, 0.5) is 0 Å². The number of nitrogens with one attached hydrogen (secondary N) is 6. The fourth-order valence-corrected chi connectivity index (χ4v) is 16.9. The molecule has 6 saturated carbocycles. The molecule has 0 aromatic carbocycles. The summed E-state index contributed by atoms with van der Waals surface area (Å²) in [6.07, 6.45) is 6.81. The zero-order valence-electron chi connectivity index (χ0n) is 39.7. The van der Waals surface area contributed by atoms with Gasteiger partial charge in [-0.05, 0) is 126 Å². The Kier molecular flexibility index (Phi) is 27.0. The molecule has 1 heterocycles. The zero-order valence-corrected chi connectivity index (χ0v) is 51.0. The molecule has 7 aliphatic rings. The van der Waals surface area contributed by atoms with Gasteiger partial charge >= 0.3 is 118 Å². The third-order valence-electron chi connectivity index (χ3n) is 15.1. The average Bonchev–Trinajstić information content (AvgIpc) is 3.22. The minimum absolute atomic E-state index is 0. The Bertz CT molecular complexity index is 1970. The van der Waals surface area contributed by atoms with Crippen molar-refractivity contribution in [2.45, 2.75) is 192 Å². The van der Waals surface area contributed by atoms with Crippen molar-refractivity contribution in [3.63, 3.8) is 0 Å². The Balaban J connectivity index is 0.00000306. The van der Waals surface area contributed by atoms with E-state index < -0.39 is 97.2 Å². The first-order chi connectivity index (χ1) is 30.2. The van der Waals surface area contributed by atoms with Crippen molar-refractivity contribution in [3.05, 3.63) is 0 Å². The number of aliphatic hydroxyl groups excluding tert-OH is 1. The van der Waals surface area contributed by atoms with Crippen LogP contribution in [0.5, 0.6) is 0 Å². The van der Waals surface area contributed by atoms with Gasteiger partial charge < -0.3 is 23.3 Å². The van der Waals surface area contributed by atoms with E-state index in [1.165, 1.54) is 0 Å². The number of fused-ring (bicyclic) bond motifs is 2. The second-order valence-electron chi connectivity index (χ2n) is 19.2. The van der Waals surface area contributed by atoms with Gasteiger partial charge in [0.2, 0.25) is 0 Å². The Labute approximate surface area is 490 Å². The second kappa shape index (κ2) is 28.3. The van der Waals surface area contributed by atoms with Gasteiger partial charge in [0.15, 0.2) is 0 Å². The smallest absolute Gasteiger partial charge is 0.748 e. The van der Waals surface area contributed by atoms with Gasteiger partial charge in [0, 0.05) is 18.6 Å². The van der Waals surface area contributed by atoms with E-state index in [1.54, 1.807) is 0 Å². The van der Waals surface area contributed by atoms with Gasteiger partial charge in [0.25, 0.3) is 0 Å². The van der Waals surface area contributed by atoms with Crippen LogP contribution >= 0.6 is 0 Å². The quantitative estimate of drug-likeness (QED) is 0.0455. The van der Waals surface area contributed by atoms with E-state index in [2.05, 4.69) is 52.4 Å². The summed E-state index contributed by atoms with van der Waals surface area (Å²) in [6, 6.07) is -1.43. The molecule has 12 unspecified atom stereocenters. The van der Waals surface area contributed by atoms with Crippen LogP contribution < -0.4 is 150 Å². The zero-order chi connectivity index (χ0) is 46.0. The molecule has 0 amide bonds. The number of hydrogen-bond donors (Lipinski definition) is 7. The summed E-state index contributed by atoms with van der Waals surface area (Å²) in [6.45, 7) is 0.271. The number of hydrogen-bond acceptors (Lipinski definition) is 23. The van der Waals surface area contributed by atoms with Crippen molar-refractivity contribution >= 4 is 40.5 Å². The first-order valence-electron chi connectivity index (χ1n) is 22.9. The maximum Gasteiger partial charge on any atom is 1.00 e. The van der Waals surface area contributed by atoms with Gasteiger partial charge in [-0.15, -0.1) is 0 Å². The normalized spacial score (nSPS) is 39.5. The fraction of sp³-hybridized carbons (Fsp3) is 1.00. The van der Waals surface area contributed by atoms with Gasteiger partial charge in [0.05, 0.1) is 92.2 Å². The summed E-state index contributed by atoms with van der Waals surface area (Å²) in [5, 5.41) is 43.2. The van der Waals surface area contributed by atoms with E-state index >= 15 is 0 Å². The van der Waals surface area contributed by atoms with Gasteiger partial charge in [-0.2, -0.15) is 20.5 Å². The molecule has 68 heavy (non-hydrogen) atoms. The van der Waals surface area contributed by atoms with E-state index in [1.807, 2.05) is 0 Å². The molecule has 7 fully saturated rings. The molecule has 6 aliphatic carbocycles. The molecule has 23 nitrogen and oxygen atoms in total. The van der Waals surface area contributed by atoms with Crippen molar-refractivity contribution in [1.82, 2.24) is 31.9 Å². The van der Waals surface area contributed by atoms with Crippen molar-refractivity contribution in [3.8, 4) is 0 Å². The first-order valence-corrected chi connectivity index (χ1v) is 28.8. The molecule has 7 N–H and O–H groups in total. The molecule has 0 bridgehead atoms. The molecule has 12 atom stereocenters. The molecule has 0 spiro atoms. The third kappa shape index (κ3) is 17.8. The molecule has 368 valence electrons. The topological polar surface area (TPSA) is 371 Å². The predicted octanol–water partition coefficient (Wildman–Crippen LogP) is -12.3. The Morgan fingerprint density at radius 3 is 1.10 bits per heavy atom. The molecule has 0 aromatic heterocycles. The van der Waals surface area contributed by atoms with E-state index in [4.69, 9.17) is 0 Å². The van der Waals surface area contributed by atoms with Gasteiger partial charge in [-0.25, -0.2) is 33.7 Å². The number of aliphatic hydroxyl groups is 1. The summed E-state index contributed by atoms with van der Waals surface area (Å²) in [5.74, 6) is -2.85. The summed E-state index contributed by atoms with van der Waals surface area (Å²) >= 11 is 0. The SMILES string of the molecule is O=S(=O)([O-])C1CCCC2C1CC(N=NC1CCC(NC3NC(NCCO)NC(NC4CCC(N=NC5CC6C(CCCC6S(=O)(=O)[O-])C(S(=O)(=O)[O-])C5)CC4)N3)CC1)CC2S(=O)(=O)[O-].[Na+].[Na+].[Na+].[Na+]. The molecule has 0 radical (unpaired) electrons. The van der Waals surface area contributed by atoms with Gasteiger partial charge in [0.1, 0.15) is 18.9 Å². The predicted molar refractivity (Wildman–Crippen MR) is 226 cm³/mol. The molecular formula is C37H64N10Na4O13S4. The molecule has 1 aliphatic heterocycles. The van der Waals surface area contributed by atoms with E-state index in [9.17, 15) is 57.0 Å². The third-order valence-corrected chi connectivity index (χ3v) is 20.3. The van der Waals surface area contributed by atoms with Crippen LogP contribution in [0.1, 0.15) is 116 Å². The van der Waals surface area contributed by atoms with Crippen molar-refractivity contribution in [2.24, 2.45) is 44.1 Å². The average molecular weight is 1080 g/mol. The van der Waals surface area contributed by atoms with E-state index in [-0.39, 0.29) is 206 Å². The largest absolute Gasteiger partial charge is 1.00 e. The minimum atomic E-state index is -4.75. The maximum absolute atomic E-state index is 12.3. The van der Waals surface area contributed by atoms with Crippen molar-refractivity contribution < 1.29 is 175 Å². The standard InChI is InChI=1S/C37H68N10O13S4.4Na/c48-16-15-38-35-41-36(39-21-7-11-23(12-8-21)44-46-25-17-29-27(33(19-25)63(55,56)57)3-1-5-31(29)61(49,50)51)43-37(42-35)40-22-9-13-24(14-10-22)45-47-26-18-30-28(34(20-26)64(58,59)60)4-2-6-32(30)62(52,53)54;;;;/h21-43,48H,1-20H2,(H,49,50,51)(H,52,53,54)(H,55,56,57)(H,58,59,60);;;;/q;4*+1/p-4. The van der Waals surface area contributed by atoms with Crippen molar-refractivity contribution in [2.75, 3.05) is 13.2 Å². The summed E-state index contributed by atoms with van der Waals surface area (Å²) in [5.41, 5.74) is 0. The second-order valence-corrected chi connectivity index (χ2v) is 25.5. The van der Waals surface area contributed by atoms with Gasteiger partial charge in [-0.3, -0.25) is 31.9 Å². The van der Waals surface area contributed by atoms with E-state index in [0.29, 0.717) is 57.9 Å². The maximum atomic E-state index is 12.3. The van der Waals surface area contributed by atoms with Crippen LogP contribution in [0.2, 0.25) is 0 Å². The monoisotopic (exact) mass is 1080 g/mol. The molecule has 31 heteroatoms. The van der Waals surface area contributed by atoms with Crippen LogP contribution in [-0.2, 0) is 40.5 Å². The molecular weight excluding hydrogens is 1010 g/mol. The minimum Gasteiger partial charge on any atom is -0.748 e. The molecule has 1 saturated heterocycles.